The third kappa shape index (κ3) is 7.56. The third-order valence-electron chi connectivity index (χ3n) is 8.22. The van der Waals surface area contributed by atoms with E-state index in [9.17, 15) is 9.59 Å². The van der Waals surface area contributed by atoms with E-state index >= 15 is 0 Å². The Hall–Kier alpha value is -1.44. The summed E-state index contributed by atoms with van der Waals surface area (Å²) in [6.45, 7) is 4.53. The van der Waals surface area contributed by atoms with E-state index in [1.54, 1.807) is 0 Å². The normalized spacial score (nSPS) is 26.2. The van der Waals surface area contributed by atoms with Crippen LogP contribution in [-0.2, 0) is 16.0 Å². The van der Waals surface area contributed by atoms with Crippen LogP contribution in [-0.4, -0.2) is 11.6 Å². The lowest BCUT2D eigenvalue weighted by molar-refractivity contribution is -0.135. The van der Waals surface area contributed by atoms with Crippen molar-refractivity contribution in [3.63, 3.8) is 0 Å². The molecule has 0 heterocycles. The molecule has 178 valence electrons. The van der Waals surface area contributed by atoms with E-state index in [1.807, 2.05) is 0 Å². The van der Waals surface area contributed by atoms with Gasteiger partial charge in [-0.2, -0.15) is 0 Å². The first kappa shape index (κ1) is 25.2. The Morgan fingerprint density at radius 1 is 0.781 bits per heavy atom. The van der Waals surface area contributed by atoms with Gasteiger partial charge in [0.1, 0.15) is 11.6 Å². The standard InChI is InChI=1S/C30H46O2/c1-3-5-6-7-8-10-24-15-20-28(29(31)21-24)30(32)22-25-13-18-27(19-14-25)26-16-11-23(9-4-2)12-17-26/h13-14,18-19,23-24,26,28H,3-12,15-17,20-22H2,1-2H3/t23-,24?,26-,28?. The first-order valence-corrected chi connectivity index (χ1v) is 13.7. The highest BCUT2D eigenvalue weighted by Crippen LogP contribution is 2.37. The average molecular weight is 439 g/mol. The van der Waals surface area contributed by atoms with Crippen molar-refractivity contribution in [1.29, 1.82) is 0 Å². The second kappa shape index (κ2) is 13.3. The summed E-state index contributed by atoms with van der Waals surface area (Å²) in [5.74, 6) is 2.14. The second-order valence-corrected chi connectivity index (χ2v) is 10.8. The highest BCUT2D eigenvalue weighted by atomic mass is 16.1. The van der Waals surface area contributed by atoms with Crippen LogP contribution in [0.1, 0.15) is 127 Å². The van der Waals surface area contributed by atoms with Gasteiger partial charge in [-0.05, 0) is 67.4 Å². The third-order valence-corrected chi connectivity index (χ3v) is 8.22. The maximum Gasteiger partial charge on any atom is 0.147 e. The van der Waals surface area contributed by atoms with Crippen LogP contribution in [0.3, 0.4) is 0 Å². The molecule has 1 aromatic rings. The summed E-state index contributed by atoms with van der Waals surface area (Å²) >= 11 is 0. The highest BCUT2D eigenvalue weighted by Gasteiger charge is 2.33. The van der Waals surface area contributed by atoms with Gasteiger partial charge in [0.25, 0.3) is 0 Å². The molecule has 0 bridgehead atoms. The Morgan fingerprint density at radius 2 is 1.47 bits per heavy atom. The van der Waals surface area contributed by atoms with Crippen molar-refractivity contribution in [2.75, 3.05) is 0 Å². The minimum Gasteiger partial charge on any atom is -0.299 e. The molecular formula is C30H46O2. The number of unbranched alkanes of at least 4 members (excludes halogenated alkanes) is 4. The molecule has 1 aromatic carbocycles. The van der Waals surface area contributed by atoms with Crippen LogP contribution in [0.2, 0.25) is 0 Å². The summed E-state index contributed by atoms with van der Waals surface area (Å²) in [7, 11) is 0. The van der Waals surface area contributed by atoms with Crippen molar-refractivity contribution >= 4 is 11.6 Å². The topological polar surface area (TPSA) is 34.1 Å². The van der Waals surface area contributed by atoms with Crippen LogP contribution < -0.4 is 0 Å². The molecule has 0 amide bonds. The number of ketones is 2. The van der Waals surface area contributed by atoms with Gasteiger partial charge in [0, 0.05) is 12.8 Å². The number of benzene rings is 1. The van der Waals surface area contributed by atoms with Crippen molar-refractivity contribution in [3.8, 4) is 0 Å². The van der Waals surface area contributed by atoms with Gasteiger partial charge in [-0.15, -0.1) is 0 Å². The number of rotatable bonds is 12. The lowest BCUT2D eigenvalue weighted by atomic mass is 9.76. The number of hydrogen-bond acceptors (Lipinski definition) is 2. The number of hydrogen-bond donors (Lipinski definition) is 0. The lowest BCUT2D eigenvalue weighted by Crippen LogP contribution is -2.32. The van der Waals surface area contributed by atoms with Crippen LogP contribution >= 0.6 is 0 Å². The molecule has 2 aliphatic rings. The first-order valence-electron chi connectivity index (χ1n) is 13.7. The fourth-order valence-electron chi connectivity index (χ4n) is 6.14. The van der Waals surface area contributed by atoms with Crippen molar-refractivity contribution in [2.45, 2.75) is 122 Å². The molecule has 0 radical (unpaired) electrons. The van der Waals surface area contributed by atoms with E-state index in [4.69, 9.17) is 0 Å². The van der Waals surface area contributed by atoms with Gasteiger partial charge < -0.3 is 0 Å². The lowest BCUT2D eigenvalue weighted by Gasteiger charge is -2.28. The highest BCUT2D eigenvalue weighted by molar-refractivity contribution is 6.03. The predicted octanol–water partition coefficient (Wildman–Crippen LogP) is 8.22. The Bertz CT molecular complexity index is 696. The van der Waals surface area contributed by atoms with Crippen LogP contribution in [0, 0.1) is 17.8 Å². The molecular weight excluding hydrogens is 392 g/mol. The fraction of sp³-hybridized carbons (Fsp3) is 0.733. The largest absolute Gasteiger partial charge is 0.299 e. The Morgan fingerprint density at radius 3 is 2.12 bits per heavy atom. The Kier molecular flexibility index (Phi) is 10.5. The molecule has 2 unspecified atom stereocenters. The zero-order valence-electron chi connectivity index (χ0n) is 20.7. The van der Waals surface area contributed by atoms with Crippen molar-refractivity contribution in [3.05, 3.63) is 35.4 Å². The number of carbonyl (C=O) groups excluding carboxylic acids is 2. The van der Waals surface area contributed by atoms with Gasteiger partial charge >= 0.3 is 0 Å². The van der Waals surface area contributed by atoms with Crippen molar-refractivity contribution < 1.29 is 9.59 Å². The fourth-order valence-corrected chi connectivity index (χ4v) is 6.14. The SMILES string of the molecule is CCCCCCCC1CCC(C(=O)Cc2ccc([C@H]3CC[C@H](CCC)CC3)cc2)C(=O)C1. The average Bonchev–Trinajstić information content (AvgIpc) is 2.80. The second-order valence-electron chi connectivity index (χ2n) is 10.8. The quantitative estimate of drug-likeness (QED) is 0.243. The molecule has 3 rings (SSSR count). The monoisotopic (exact) mass is 438 g/mol. The number of carbonyl (C=O) groups is 2. The van der Waals surface area contributed by atoms with Crippen molar-refractivity contribution in [2.24, 2.45) is 17.8 Å². The molecule has 2 saturated carbocycles. The zero-order chi connectivity index (χ0) is 22.8. The molecule has 2 fully saturated rings. The predicted molar refractivity (Wildman–Crippen MR) is 134 cm³/mol. The van der Waals surface area contributed by atoms with Crippen LogP contribution in [0.4, 0.5) is 0 Å². The van der Waals surface area contributed by atoms with Gasteiger partial charge in [0.05, 0.1) is 5.92 Å². The van der Waals surface area contributed by atoms with E-state index in [-0.39, 0.29) is 17.5 Å². The zero-order valence-corrected chi connectivity index (χ0v) is 20.7. The van der Waals surface area contributed by atoms with Crippen molar-refractivity contribution in [1.82, 2.24) is 0 Å². The minimum absolute atomic E-state index is 0.143. The molecule has 2 aliphatic carbocycles. The van der Waals surface area contributed by atoms with E-state index in [2.05, 4.69) is 38.1 Å². The molecule has 0 saturated heterocycles. The molecule has 2 heteroatoms. The van der Waals surface area contributed by atoms with Gasteiger partial charge in [0.15, 0.2) is 0 Å². The molecule has 0 spiro atoms. The van der Waals surface area contributed by atoms with E-state index in [1.165, 1.54) is 76.2 Å². The molecule has 0 aliphatic heterocycles. The maximum absolute atomic E-state index is 12.9. The van der Waals surface area contributed by atoms with E-state index < -0.39 is 0 Å². The molecule has 32 heavy (non-hydrogen) atoms. The van der Waals surface area contributed by atoms with Gasteiger partial charge in [-0.1, -0.05) is 89.5 Å². The van der Waals surface area contributed by atoms with Crippen LogP contribution in [0.15, 0.2) is 24.3 Å². The minimum atomic E-state index is -0.347. The Labute approximate surface area is 197 Å². The van der Waals surface area contributed by atoms with Crippen LogP contribution in [0.5, 0.6) is 0 Å². The molecule has 0 N–H and O–H groups in total. The summed E-state index contributed by atoms with van der Waals surface area (Å²) in [6.07, 6.45) is 18.5. The van der Waals surface area contributed by atoms with Crippen LogP contribution in [0.25, 0.3) is 0 Å². The molecule has 2 atom stereocenters. The van der Waals surface area contributed by atoms with Gasteiger partial charge in [-0.25, -0.2) is 0 Å². The van der Waals surface area contributed by atoms with E-state index in [0.717, 1.165) is 30.7 Å². The van der Waals surface area contributed by atoms with Gasteiger partial charge in [-0.3, -0.25) is 9.59 Å². The maximum atomic E-state index is 12.9. The summed E-state index contributed by atoms with van der Waals surface area (Å²) in [4.78, 5) is 25.6. The number of Topliss-reactive ketones (excluding diaryl/α,β-unsaturated/α-hetero) is 2. The summed E-state index contributed by atoms with van der Waals surface area (Å²) < 4.78 is 0. The molecule has 0 aromatic heterocycles. The Balaban J connectivity index is 1.41. The summed E-state index contributed by atoms with van der Waals surface area (Å²) in [6, 6.07) is 8.75. The van der Waals surface area contributed by atoms with E-state index in [0.29, 0.717) is 24.7 Å². The summed E-state index contributed by atoms with van der Waals surface area (Å²) in [5.41, 5.74) is 2.51. The smallest absolute Gasteiger partial charge is 0.147 e. The van der Waals surface area contributed by atoms with Gasteiger partial charge in [0.2, 0.25) is 0 Å². The summed E-state index contributed by atoms with van der Waals surface area (Å²) in [5, 5.41) is 0. The molecule has 2 nitrogen and oxygen atoms in total. The first-order chi connectivity index (χ1) is 15.6.